The maximum Gasteiger partial charge on any atom is 0.312 e. The van der Waals surface area contributed by atoms with Gasteiger partial charge in [-0.15, -0.1) is 0 Å². The molecule has 0 bridgehead atoms. The second kappa shape index (κ2) is 10.8. The highest BCUT2D eigenvalue weighted by Crippen LogP contribution is 2.47. The third-order valence-electron chi connectivity index (χ3n) is 4.73. The highest BCUT2D eigenvalue weighted by molar-refractivity contribution is 5.78. The monoisotopic (exact) mass is 402 g/mol. The molecule has 0 aromatic carbocycles. The molecule has 0 fully saturated rings. The summed E-state index contributed by atoms with van der Waals surface area (Å²) < 4.78 is 20.1. The fourth-order valence-corrected chi connectivity index (χ4v) is 2.70. The number of methoxy groups -OCH3 is 1. The van der Waals surface area contributed by atoms with E-state index in [0.717, 1.165) is 0 Å². The summed E-state index contributed by atoms with van der Waals surface area (Å²) in [5.41, 5.74) is -1.02. The average Bonchev–Trinajstić information content (AvgIpc) is 2.51. The fraction of sp³-hybridized carbons (Fsp3) is 0.857. The van der Waals surface area contributed by atoms with Gasteiger partial charge in [0.05, 0.1) is 18.3 Å². The molecule has 7 heteroatoms. The van der Waals surface area contributed by atoms with E-state index in [4.69, 9.17) is 18.9 Å². The molecule has 0 radical (unpaired) electrons. The first-order valence-electron chi connectivity index (χ1n) is 9.67. The van der Waals surface area contributed by atoms with Crippen LogP contribution < -0.4 is 0 Å². The molecule has 0 saturated carbocycles. The van der Waals surface area contributed by atoms with Crippen molar-refractivity contribution < 1.29 is 33.3 Å². The van der Waals surface area contributed by atoms with E-state index < -0.39 is 23.6 Å². The van der Waals surface area contributed by atoms with Gasteiger partial charge >= 0.3 is 17.9 Å². The van der Waals surface area contributed by atoms with Gasteiger partial charge in [0.15, 0.2) is 6.29 Å². The number of ether oxygens (including phenoxy) is 4. The predicted octanol–water partition coefficient (Wildman–Crippen LogP) is 3.88. The Hall–Kier alpha value is -1.63. The Bertz CT molecular complexity index is 528. The van der Waals surface area contributed by atoms with Crippen molar-refractivity contribution in [3.8, 4) is 0 Å². The third kappa shape index (κ3) is 9.53. The minimum atomic E-state index is -0.684. The lowest BCUT2D eigenvalue weighted by atomic mass is 9.61. The van der Waals surface area contributed by atoms with Gasteiger partial charge in [0.2, 0.25) is 0 Å². The van der Waals surface area contributed by atoms with Gasteiger partial charge in [-0.3, -0.25) is 14.4 Å². The van der Waals surface area contributed by atoms with E-state index >= 15 is 0 Å². The zero-order valence-corrected chi connectivity index (χ0v) is 19.0. The Kier molecular flexibility index (Phi) is 10.2. The van der Waals surface area contributed by atoms with Gasteiger partial charge in [0.25, 0.3) is 0 Å². The van der Waals surface area contributed by atoms with Crippen molar-refractivity contribution in [2.75, 3.05) is 20.3 Å². The van der Waals surface area contributed by atoms with Crippen molar-refractivity contribution in [1.82, 2.24) is 0 Å². The summed E-state index contributed by atoms with van der Waals surface area (Å²) in [5.74, 6) is -1.37. The van der Waals surface area contributed by atoms with E-state index in [1.165, 1.54) is 7.11 Å². The van der Waals surface area contributed by atoms with Crippen LogP contribution in [0.25, 0.3) is 0 Å². The lowest BCUT2D eigenvalue weighted by Crippen LogP contribution is -2.44. The molecule has 2 atom stereocenters. The minimum Gasteiger partial charge on any atom is -0.465 e. The molecule has 0 aliphatic rings. The summed E-state index contributed by atoms with van der Waals surface area (Å²) in [4.78, 5) is 36.0. The lowest BCUT2D eigenvalue weighted by Gasteiger charge is -2.43. The molecule has 7 nitrogen and oxygen atoms in total. The van der Waals surface area contributed by atoms with Gasteiger partial charge in [0.1, 0.15) is 13.2 Å². The first-order valence-corrected chi connectivity index (χ1v) is 9.67. The predicted molar refractivity (Wildman–Crippen MR) is 105 cm³/mol. The third-order valence-corrected chi connectivity index (χ3v) is 4.73. The van der Waals surface area contributed by atoms with Crippen molar-refractivity contribution in [3.05, 3.63) is 0 Å². The average molecular weight is 403 g/mol. The molecule has 0 heterocycles. The summed E-state index contributed by atoms with van der Waals surface area (Å²) >= 11 is 0. The molecule has 164 valence electrons. The number of carbonyl (C=O) groups excluding carboxylic acids is 3. The first kappa shape index (κ1) is 26.4. The van der Waals surface area contributed by atoms with E-state index in [0.29, 0.717) is 6.42 Å². The Morgan fingerprint density at radius 3 is 1.79 bits per heavy atom. The van der Waals surface area contributed by atoms with Crippen molar-refractivity contribution >= 4 is 17.9 Å². The zero-order chi connectivity index (χ0) is 22.2. The summed E-state index contributed by atoms with van der Waals surface area (Å²) in [7, 11) is 1.42. The van der Waals surface area contributed by atoms with Crippen LogP contribution in [0.5, 0.6) is 0 Å². The molecular weight excluding hydrogens is 364 g/mol. The second-order valence-corrected chi connectivity index (χ2v) is 9.47. The molecule has 2 unspecified atom stereocenters. The van der Waals surface area contributed by atoms with Crippen molar-refractivity contribution in [2.45, 2.75) is 80.9 Å². The van der Waals surface area contributed by atoms with Crippen LogP contribution in [0, 0.1) is 16.2 Å². The molecule has 0 aromatic heterocycles. The summed E-state index contributed by atoms with van der Waals surface area (Å²) in [5, 5.41) is 0. The fourth-order valence-electron chi connectivity index (χ4n) is 2.70. The molecule has 0 saturated heterocycles. The quantitative estimate of drug-likeness (QED) is 0.311. The van der Waals surface area contributed by atoms with Crippen LogP contribution in [-0.4, -0.2) is 44.5 Å². The number of hydrogen-bond donors (Lipinski definition) is 0. The molecule has 0 aliphatic heterocycles. The smallest absolute Gasteiger partial charge is 0.312 e. The normalized spacial score (nSPS) is 15.3. The summed E-state index contributed by atoms with van der Waals surface area (Å²) in [6.45, 7) is 15.6. The largest absolute Gasteiger partial charge is 0.465 e. The number of hydrogen-bond acceptors (Lipinski definition) is 7. The molecule has 0 N–H and O–H groups in total. The van der Waals surface area contributed by atoms with Crippen LogP contribution >= 0.6 is 0 Å². The van der Waals surface area contributed by atoms with Gasteiger partial charge in [-0.2, -0.15) is 0 Å². The maximum atomic E-state index is 12.8. The van der Waals surface area contributed by atoms with Crippen molar-refractivity contribution in [1.29, 1.82) is 0 Å². The van der Waals surface area contributed by atoms with Crippen LogP contribution in [0.4, 0.5) is 0 Å². The van der Waals surface area contributed by atoms with Crippen molar-refractivity contribution in [2.24, 2.45) is 16.2 Å². The van der Waals surface area contributed by atoms with Gasteiger partial charge < -0.3 is 18.9 Å². The van der Waals surface area contributed by atoms with E-state index in [-0.39, 0.29) is 42.9 Å². The topological polar surface area (TPSA) is 88.1 Å². The molecule has 0 amide bonds. The summed E-state index contributed by atoms with van der Waals surface area (Å²) in [6, 6.07) is 0. The molecule has 0 rings (SSSR count). The van der Waals surface area contributed by atoms with Crippen LogP contribution in [0.1, 0.15) is 74.7 Å². The van der Waals surface area contributed by atoms with E-state index in [1.54, 1.807) is 6.92 Å². The Balaban J connectivity index is 4.44. The van der Waals surface area contributed by atoms with Crippen LogP contribution in [0.3, 0.4) is 0 Å². The van der Waals surface area contributed by atoms with Gasteiger partial charge in [-0.1, -0.05) is 41.5 Å². The molecular formula is C21H38O7. The zero-order valence-electron chi connectivity index (χ0n) is 19.0. The second-order valence-electron chi connectivity index (χ2n) is 9.47. The van der Waals surface area contributed by atoms with E-state index in [9.17, 15) is 14.4 Å². The minimum absolute atomic E-state index is 0.0467. The molecule has 0 aliphatic carbocycles. The Labute approximate surface area is 169 Å². The maximum absolute atomic E-state index is 12.8. The lowest BCUT2D eigenvalue weighted by molar-refractivity contribution is -0.171. The molecule has 28 heavy (non-hydrogen) atoms. The number of carbonyl (C=O) groups is 3. The van der Waals surface area contributed by atoms with Crippen molar-refractivity contribution in [3.63, 3.8) is 0 Å². The van der Waals surface area contributed by atoms with Gasteiger partial charge in [-0.05, 0) is 31.1 Å². The van der Waals surface area contributed by atoms with Gasteiger partial charge in [-0.25, -0.2) is 0 Å². The highest BCUT2D eigenvalue weighted by atomic mass is 16.7. The van der Waals surface area contributed by atoms with Crippen LogP contribution in [0.15, 0.2) is 0 Å². The first-order chi connectivity index (χ1) is 12.6. The van der Waals surface area contributed by atoms with Crippen LogP contribution in [0.2, 0.25) is 0 Å². The summed E-state index contributed by atoms with van der Waals surface area (Å²) in [6.07, 6.45) is -0.111. The number of esters is 3. The highest BCUT2D eigenvalue weighted by Gasteiger charge is 2.47. The molecule has 0 spiro atoms. The standard InChI is InChI=1S/C21H38O7/c1-15(25-9)28-17(23)11-12-26-16(22)10-13-27-18(24)21(8,20(5,6)7)14-19(2,3)4/h15H,10-14H2,1-9H3. The Morgan fingerprint density at radius 2 is 1.32 bits per heavy atom. The Morgan fingerprint density at radius 1 is 0.821 bits per heavy atom. The van der Waals surface area contributed by atoms with Crippen LogP contribution in [-0.2, 0) is 33.3 Å². The SMILES string of the molecule is COC(C)OC(=O)CCOC(=O)CCOC(=O)C(C)(CC(C)(C)C)C(C)(C)C. The van der Waals surface area contributed by atoms with E-state index in [1.807, 2.05) is 27.7 Å². The number of rotatable bonds is 10. The molecule has 0 aromatic rings. The van der Waals surface area contributed by atoms with E-state index in [2.05, 4.69) is 20.8 Å². The van der Waals surface area contributed by atoms with Gasteiger partial charge in [0, 0.05) is 7.11 Å².